The highest BCUT2D eigenvalue weighted by Crippen LogP contribution is 2.25. The number of benzene rings is 1. The van der Waals surface area contributed by atoms with Crippen molar-refractivity contribution in [2.45, 2.75) is 46.1 Å². The number of unbranched alkanes of at least 4 members (excludes halogenated alkanes) is 1. The molecular weight excluding hydrogens is 270 g/mol. The average molecular weight is 294 g/mol. The molecule has 1 unspecified atom stereocenters. The molecule has 2 rings (SSSR count). The molecular formula is C16H24ClN3. The average Bonchev–Trinajstić information content (AvgIpc) is 2.85. The molecule has 1 aromatic carbocycles. The Morgan fingerprint density at radius 1 is 1.30 bits per heavy atom. The summed E-state index contributed by atoms with van der Waals surface area (Å²) in [6.45, 7) is 8.86. The first-order chi connectivity index (χ1) is 9.69. The number of aromatic amines is 1. The highest BCUT2D eigenvalue weighted by atomic mass is 35.5. The van der Waals surface area contributed by atoms with Gasteiger partial charge in [0.15, 0.2) is 0 Å². The van der Waals surface area contributed by atoms with Crippen LogP contribution in [0, 0.1) is 0 Å². The summed E-state index contributed by atoms with van der Waals surface area (Å²) in [5, 5.41) is 0.749. The zero-order valence-electron chi connectivity index (χ0n) is 12.6. The second-order valence-corrected chi connectivity index (χ2v) is 5.63. The Morgan fingerprint density at radius 2 is 2.10 bits per heavy atom. The van der Waals surface area contributed by atoms with Gasteiger partial charge in [-0.3, -0.25) is 4.90 Å². The van der Waals surface area contributed by atoms with Crippen LogP contribution >= 0.6 is 11.6 Å². The van der Waals surface area contributed by atoms with Crippen molar-refractivity contribution < 1.29 is 0 Å². The predicted octanol–water partition coefficient (Wildman–Crippen LogP) is 4.79. The van der Waals surface area contributed by atoms with E-state index in [1.165, 1.54) is 12.8 Å². The molecule has 3 nitrogen and oxygen atoms in total. The number of fused-ring (bicyclic) bond motifs is 1. The largest absolute Gasteiger partial charge is 0.341 e. The minimum absolute atomic E-state index is 0.359. The molecule has 0 bridgehead atoms. The highest BCUT2D eigenvalue weighted by Gasteiger charge is 2.20. The summed E-state index contributed by atoms with van der Waals surface area (Å²) in [6.07, 6.45) is 3.52. The fourth-order valence-electron chi connectivity index (χ4n) is 2.68. The molecule has 0 aliphatic carbocycles. The van der Waals surface area contributed by atoms with Crippen LogP contribution in [-0.4, -0.2) is 28.0 Å². The summed E-state index contributed by atoms with van der Waals surface area (Å²) in [5.41, 5.74) is 2.02. The molecule has 0 spiro atoms. The predicted molar refractivity (Wildman–Crippen MR) is 86.3 cm³/mol. The Morgan fingerprint density at radius 3 is 2.75 bits per heavy atom. The number of hydrogen-bond acceptors (Lipinski definition) is 2. The van der Waals surface area contributed by atoms with Crippen molar-refractivity contribution in [3.05, 3.63) is 29.0 Å². The standard InChI is InChI=1S/C16H24ClN3/c1-4-7-10-20(6-3)15(5-2)16-18-13-9-8-12(17)11-14(13)19-16/h8-9,11,15H,4-7,10H2,1-3H3,(H,18,19). The van der Waals surface area contributed by atoms with E-state index in [1.54, 1.807) is 0 Å². The molecule has 0 saturated carbocycles. The number of imidazole rings is 1. The smallest absolute Gasteiger partial charge is 0.124 e. The quantitative estimate of drug-likeness (QED) is 0.796. The van der Waals surface area contributed by atoms with Crippen LogP contribution in [0.5, 0.6) is 0 Å². The maximum Gasteiger partial charge on any atom is 0.124 e. The molecule has 0 radical (unpaired) electrons. The van der Waals surface area contributed by atoms with E-state index in [0.29, 0.717) is 6.04 Å². The van der Waals surface area contributed by atoms with Gasteiger partial charge in [0, 0.05) is 5.02 Å². The maximum atomic E-state index is 6.04. The van der Waals surface area contributed by atoms with Crippen LogP contribution in [0.4, 0.5) is 0 Å². The van der Waals surface area contributed by atoms with E-state index < -0.39 is 0 Å². The van der Waals surface area contributed by atoms with Gasteiger partial charge in [-0.1, -0.05) is 38.8 Å². The third kappa shape index (κ3) is 3.33. The van der Waals surface area contributed by atoms with E-state index in [1.807, 2.05) is 18.2 Å². The van der Waals surface area contributed by atoms with E-state index in [9.17, 15) is 0 Å². The SMILES string of the molecule is CCCCN(CC)C(CC)c1nc2ccc(Cl)cc2[nH]1. The minimum atomic E-state index is 0.359. The normalized spacial score (nSPS) is 13.2. The maximum absolute atomic E-state index is 6.04. The number of aromatic nitrogens is 2. The van der Waals surface area contributed by atoms with Crippen LogP contribution in [0.1, 0.15) is 51.9 Å². The van der Waals surface area contributed by atoms with Crippen molar-refractivity contribution in [2.75, 3.05) is 13.1 Å². The summed E-state index contributed by atoms with van der Waals surface area (Å²) >= 11 is 6.04. The Hall–Kier alpha value is -1.06. The molecule has 1 atom stereocenters. The molecule has 0 fully saturated rings. The van der Waals surface area contributed by atoms with Gasteiger partial charge < -0.3 is 4.98 Å². The molecule has 0 amide bonds. The summed E-state index contributed by atoms with van der Waals surface area (Å²) in [5.74, 6) is 1.06. The van der Waals surface area contributed by atoms with Crippen molar-refractivity contribution in [1.29, 1.82) is 0 Å². The first-order valence-electron chi connectivity index (χ1n) is 7.58. The molecule has 110 valence electrons. The first kappa shape index (κ1) is 15.3. The molecule has 2 aromatic rings. The van der Waals surface area contributed by atoms with Crippen molar-refractivity contribution >= 4 is 22.6 Å². The summed E-state index contributed by atoms with van der Waals surface area (Å²) in [7, 11) is 0. The lowest BCUT2D eigenvalue weighted by Gasteiger charge is -2.28. The van der Waals surface area contributed by atoms with Gasteiger partial charge in [0.25, 0.3) is 0 Å². The van der Waals surface area contributed by atoms with Crippen molar-refractivity contribution in [3.63, 3.8) is 0 Å². The van der Waals surface area contributed by atoms with Gasteiger partial charge in [-0.2, -0.15) is 0 Å². The number of nitrogens with one attached hydrogen (secondary N) is 1. The molecule has 20 heavy (non-hydrogen) atoms. The monoisotopic (exact) mass is 293 g/mol. The lowest BCUT2D eigenvalue weighted by molar-refractivity contribution is 0.192. The zero-order chi connectivity index (χ0) is 14.5. The van der Waals surface area contributed by atoms with Crippen LogP contribution in [0.2, 0.25) is 5.02 Å². The van der Waals surface area contributed by atoms with Crippen LogP contribution in [0.3, 0.4) is 0 Å². The lowest BCUT2D eigenvalue weighted by atomic mass is 10.1. The third-order valence-electron chi connectivity index (χ3n) is 3.81. The van der Waals surface area contributed by atoms with Crippen molar-refractivity contribution in [2.24, 2.45) is 0 Å². The summed E-state index contributed by atoms with van der Waals surface area (Å²) in [6, 6.07) is 6.18. The van der Waals surface area contributed by atoms with Gasteiger partial charge in [0.2, 0.25) is 0 Å². The Balaban J connectivity index is 2.27. The second kappa shape index (κ2) is 7.09. The molecule has 4 heteroatoms. The van der Waals surface area contributed by atoms with Gasteiger partial charge >= 0.3 is 0 Å². The van der Waals surface area contributed by atoms with E-state index in [-0.39, 0.29) is 0 Å². The Kier molecular flexibility index (Phi) is 5.44. The van der Waals surface area contributed by atoms with Gasteiger partial charge in [-0.05, 0) is 44.1 Å². The van der Waals surface area contributed by atoms with E-state index in [2.05, 4.69) is 30.7 Å². The Bertz CT molecular complexity index is 550. The highest BCUT2D eigenvalue weighted by molar-refractivity contribution is 6.31. The van der Waals surface area contributed by atoms with Gasteiger partial charge in [0.1, 0.15) is 5.82 Å². The molecule has 0 aliphatic heterocycles. The number of H-pyrrole nitrogens is 1. The van der Waals surface area contributed by atoms with Gasteiger partial charge in [-0.25, -0.2) is 4.98 Å². The van der Waals surface area contributed by atoms with Crippen LogP contribution in [0.15, 0.2) is 18.2 Å². The zero-order valence-corrected chi connectivity index (χ0v) is 13.4. The first-order valence-corrected chi connectivity index (χ1v) is 7.96. The third-order valence-corrected chi connectivity index (χ3v) is 4.05. The fourth-order valence-corrected chi connectivity index (χ4v) is 2.85. The lowest BCUT2D eigenvalue weighted by Crippen LogP contribution is -2.30. The fraction of sp³-hybridized carbons (Fsp3) is 0.562. The van der Waals surface area contributed by atoms with E-state index >= 15 is 0 Å². The summed E-state index contributed by atoms with van der Waals surface area (Å²) < 4.78 is 0. The molecule has 1 aromatic heterocycles. The molecule has 0 aliphatic rings. The molecule has 0 saturated heterocycles. The van der Waals surface area contributed by atoms with Gasteiger partial charge in [0.05, 0.1) is 17.1 Å². The molecule has 1 N–H and O–H groups in total. The van der Waals surface area contributed by atoms with E-state index in [4.69, 9.17) is 16.6 Å². The number of hydrogen-bond donors (Lipinski definition) is 1. The van der Waals surface area contributed by atoms with E-state index in [0.717, 1.165) is 41.4 Å². The Labute approximate surface area is 126 Å². The minimum Gasteiger partial charge on any atom is -0.341 e. The number of nitrogens with zero attached hydrogens (tertiary/aromatic N) is 2. The second-order valence-electron chi connectivity index (χ2n) is 5.19. The van der Waals surface area contributed by atoms with Crippen LogP contribution < -0.4 is 0 Å². The number of halogens is 1. The van der Waals surface area contributed by atoms with Gasteiger partial charge in [-0.15, -0.1) is 0 Å². The summed E-state index contributed by atoms with van der Waals surface area (Å²) in [4.78, 5) is 10.7. The van der Waals surface area contributed by atoms with Crippen LogP contribution in [0.25, 0.3) is 11.0 Å². The topological polar surface area (TPSA) is 31.9 Å². The van der Waals surface area contributed by atoms with Crippen molar-refractivity contribution in [3.8, 4) is 0 Å². The van der Waals surface area contributed by atoms with Crippen molar-refractivity contribution in [1.82, 2.24) is 14.9 Å². The number of rotatable bonds is 7. The molecule has 1 heterocycles. The van der Waals surface area contributed by atoms with Crippen LogP contribution in [-0.2, 0) is 0 Å².